The fourth-order valence-electron chi connectivity index (χ4n) is 3.08. The van der Waals surface area contributed by atoms with E-state index in [9.17, 15) is 19.5 Å². The Morgan fingerprint density at radius 3 is 2.50 bits per heavy atom. The van der Waals surface area contributed by atoms with Crippen molar-refractivity contribution in [1.29, 1.82) is 0 Å². The number of aliphatic carboxylic acids is 1. The highest BCUT2D eigenvalue weighted by molar-refractivity contribution is 6.07. The fraction of sp³-hybridized carbons (Fsp3) is 0.261. The number of hydrogen-bond acceptors (Lipinski definition) is 6. The van der Waals surface area contributed by atoms with Gasteiger partial charge in [-0.05, 0) is 41.8 Å². The molecule has 0 fully saturated rings. The van der Waals surface area contributed by atoms with Crippen LogP contribution >= 0.6 is 0 Å². The van der Waals surface area contributed by atoms with Gasteiger partial charge in [0.2, 0.25) is 6.79 Å². The predicted octanol–water partition coefficient (Wildman–Crippen LogP) is 2.42. The van der Waals surface area contributed by atoms with Crippen LogP contribution in [0.15, 0.2) is 48.2 Å². The van der Waals surface area contributed by atoms with Gasteiger partial charge in [0.15, 0.2) is 11.5 Å². The number of para-hydroxylation sites is 1. The van der Waals surface area contributed by atoms with Crippen molar-refractivity contribution in [3.8, 4) is 17.2 Å². The molecule has 9 heteroatoms. The van der Waals surface area contributed by atoms with E-state index in [1.54, 1.807) is 56.3 Å². The number of methoxy groups -OCH3 is 1. The van der Waals surface area contributed by atoms with Crippen LogP contribution in [0, 0.1) is 5.92 Å². The van der Waals surface area contributed by atoms with Gasteiger partial charge in [0.1, 0.15) is 17.5 Å². The Bertz CT molecular complexity index is 1060. The van der Waals surface area contributed by atoms with Crippen LogP contribution in [0.1, 0.15) is 29.8 Å². The van der Waals surface area contributed by atoms with Crippen molar-refractivity contribution in [2.45, 2.75) is 19.9 Å². The van der Waals surface area contributed by atoms with Gasteiger partial charge in [-0.3, -0.25) is 9.59 Å². The van der Waals surface area contributed by atoms with Gasteiger partial charge in [-0.2, -0.15) is 0 Å². The second-order valence-corrected chi connectivity index (χ2v) is 7.36. The zero-order chi connectivity index (χ0) is 23.3. The number of amides is 2. The SMILES string of the molecule is COc1ccccc1C(=O)N/C(=C\c1ccc2c(c1)OCO2)C(=O)N[C@@H](C(=O)O)C(C)C. The van der Waals surface area contributed by atoms with Crippen molar-refractivity contribution in [3.63, 3.8) is 0 Å². The number of carboxylic acids is 1. The maximum Gasteiger partial charge on any atom is 0.326 e. The summed E-state index contributed by atoms with van der Waals surface area (Å²) in [7, 11) is 1.43. The van der Waals surface area contributed by atoms with Gasteiger partial charge in [-0.1, -0.05) is 32.0 Å². The monoisotopic (exact) mass is 440 g/mol. The van der Waals surface area contributed by atoms with Crippen molar-refractivity contribution in [3.05, 3.63) is 59.3 Å². The Balaban J connectivity index is 1.94. The largest absolute Gasteiger partial charge is 0.496 e. The summed E-state index contributed by atoms with van der Waals surface area (Å²) in [6, 6.07) is 10.4. The predicted molar refractivity (Wildman–Crippen MR) is 115 cm³/mol. The van der Waals surface area contributed by atoms with Crippen LogP contribution < -0.4 is 24.8 Å². The van der Waals surface area contributed by atoms with Crippen LogP contribution in [0.5, 0.6) is 17.2 Å². The summed E-state index contributed by atoms with van der Waals surface area (Å²) in [4.78, 5) is 37.4. The number of hydrogen-bond donors (Lipinski definition) is 3. The maximum absolute atomic E-state index is 13.0. The summed E-state index contributed by atoms with van der Waals surface area (Å²) in [6.07, 6.45) is 1.43. The Hall–Kier alpha value is -4.01. The molecular weight excluding hydrogens is 416 g/mol. The number of carboxylic acid groups (broad SMARTS) is 1. The van der Waals surface area contributed by atoms with Gasteiger partial charge < -0.3 is 30.0 Å². The van der Waals surface area contributed by atoms with Crippen molar-refractivity contribution >= 4 is 23.9 Å². The second-order valence-electron chi connectivity index (χ2n) is 7.36. The van der Waals surface area contributed by atoms with E-state index in [0.29, 0.717) is 22.8 Å². The molecule has 9 nitrogen and oxygen atoms in total. The third-order valence-electron chi connectivity index (χ3n) is 4.77. The Morgan fingerprint density at radius 1 is 1.09 bits per heavy atom. The van der Waals surface area contributed by atoms with Crippen molar-refractivity contribution in [1.82, 2.24) is 10.6 Å². The zero-order valence-corrected chi connectivity index (χ0v) is 17.9. The van der Waals surface area contributed by atoms with Crippen molar-refractivity contribution in [2.24, 2.45) is 5.92 Å². The number of fused-ring (bicyclic) bond motifs is 1. The zero-order valence-electron chi connectivity index (χ0n) is 17.9. The molecule has 3 N–H and O–H groups in total. The van der Waals surface area contributed by atoms with Gasteiger partial charge in [0.05, 0.1) is 12.7 Å². The van der Waals surface area contributed by atoms with Crippen molar-refractivity contribution < 1.29 is 33.7 Å². The Morgan fingerprint density at radius 2 is 1.81 bits per heavy atom. The topological polar surface area (TPSA) is 123 Å². The summed E-state index contributed by atoms with van der Waals surface area (Å²) >= 11 is 0. The van der Waals surface area contributed by atoms with E-state index in [1.807, 2.05) is 0 Å². The van der Waals surface area contributed by atoms with E-state index in [-0.39, 0.29) is 24.0 Å². The molecule has 2 aromatic rings. The third-order valence-corrected chi connectivity index (χ3v) is 4.77. The number of benzene rings is 2. The van der Waals surface area contributed by atoms with Gasteiger partial charge >= 0.3 is 5.97 Å². The molecule has 32 heavy (non-hydrogen) atoms. The number of nitrogens with one attached hydrogen (secondary N) is 2. The van der Waals surface area contributed by atoms with E-state index < -0.39 is 23.8 Å². The Labute approximate surface area is 185 Å². The lowest BCUT2D eigenvalue weighted by molar-refractivity contribution is -0.142. The lowest BCUT2D eigenvalue weighted by atomic mass is 10.0. The van der Waals surface area contributed by atoms with Crippen LogP contribution in [0.2, 0.25) is 0 Å². The minimum absolute atomic E-state index is 0.0923. The molecule has 1 heterocycles. The first-order chi connectivity index (χ1) is 15.3. The average molecular weight is 440 g/mol. The molecule has 168 valence electrons. The minimum atomic E-state index is -1.17. The van der Waals surface area contributed by atoms with Gasteiger partial charge in [0, 0.05) is 0 Å². The molecule has 1 atom stereocenters. The molecule has 2 amide bonds. The molecule has 3 rings (SSSR count). The average Bonchev–Trinajstić information content (AvgIpc) is 3.24. The minimum Gasteiger partial charge on any atom is -0.496 e. The molecule has 0 aliphatic carbocycles. The molecule has 0 unspecified atom stereocenters. The maximum atomic E-state index is 13.0. The summed E-state index contributed by atoms with van der Waals surface area (Å²) < 4.78 is 15.9. The summed E-state index contributed by atoms with van der Waals surface area (Å²) in [6.45, 7) is 3.44. The van der Waals surface area contributed by atoms with Crippen LogP contribution in [0.4, 0.5) is 0 Å². The third kappa shape index (κ3) is 5.18. The molecule has 0 saturated carbocycles. The van der Waals surface area contributed by atoms with Gasteiger partial charge in [-0.25, -0.2) is 4.79 Å². The first-order valence-corrected chi connectivity index (χ1v) is 9.89. The second kappa shape index (κ2) is 9.86. The highest BCUT2D eigenvalue weighted by atomic mass is 16.7. The summed E-state index contributed by atoms with van der Waals surface area (Å²) in [5.74, 6) is -1.47. The first kappa shape index (κ1) is 22.7. The fourth-order valence-corrected chi connectivity index (χ4v) is 3.08. The lowest BCUT2D eigenvalue weighted by Gasteiger charge is -2.19. The number of ether oxygens (including phenoxy) is 3. The molecule has 0 saturated heterocycles. The summed E-state index contributed by atoms with van der Waals surface area (Å²) in [5, 5.41) is 14.5. The van der Waals surface area contributed by atoms with Crippen molar-refractivity contribution in [2.75, 3.05) is 13.9 Å². The standard InChI is InChI=1S/C23H24N2O7/c1-13(2)20(23(28)29)25-22(27)16(10-14-8-9-18-19(11-14)32-12-31-18)24-21(26)15-6-4-5-7-17(15)30-3/h4-11,13,20H,12H2,1-3H3,(H,24,26)(H,25,27)(H,28,29)/b16-10-/t20-/m1/s1. The molecule has 0 spiro atoms. The lowest BCUT2D eigenvalue weighted by Crippen LogP contribution is -2.47. The quantitative estimate of drug-likeness (QED) is 0.539. The molecule has 0 bridgehead atoms. The van der Waals surface area contributed by atoms with E-state index in [4.69, 9.17) is 14.2 Å². The molecule has 2 aromatic carbocycles. The highest BCUT2D eigenvalue weighted by Gasteiger charge is 2.26. The van der Waals surface area contributed by atoms with E-state index >= 15 is 0 Å². The smallest absolute Gasteiger partial charge is 0.326 e. The van der Waals surface area contributed by atoms with Crippen LogP contribution in [0.3, 0.4) is 0 Å². The Kier molecular flexibility index (Phi) is 6.99. The normalized spacial score (nSPS) is 13.4. The summed E-state index contributed by atoms with van der Waals surface area (Å²) in [5.41, 5.74) is 0.640. The molecule has 1 aliphatic rings. The van der Waals surface area contributed by atoms with Crippen LogP contribution in [-0.4, -0.2) is 42.8 Å². The number of carbonyl (C=O) groups excluding carboxylic acids is 2. The first-order valence-electron chi connectivity index (χ1n) is 9.89. The van der Waals surface area contributed by atoms with Gasteiger partial charge in [0.25, 0.3) is 11.8 Å². The molecule has 1 aliphatic heterocycles. The van der Waals surface area contributed by atoms with Crippen LogP contribution in [-0.2, 0) is 9.59 Å². The molecule has 0 radical (unpaired) electrons. The van der Waals surface area contributed by atoms with E-state index in [2.05, 4.69) is 10.6 Å². The molecular formula is C23H24N2O7. The highest BCUT2D eigenvalue weighted by Crippen LogP contribution is 2.33. The number of rotatable bonds is 8. The van der Waals surface area contributed by atoms with E-state index in [1.165, 1.54) is 13.2 Å². The van der Waals surface area contributed by atoms with E-state index in [0.717, 1.165) is 0 Å². The number of carbonyl (C=O) groups is 3. The van der Waals surface area contributed by atoms with Crippen LogP contribution in [0.25, 0.3) is 6.08 Å². The van der Waals surface area contributed by atoms with Gasteiger partial charge in [-0.15, -0.1) is 0 Å². The molecule has 0 aromatic heterocycles.